The molecule has 0 aliphatic heterocycles. The van der Waals surface area contributed by atoms with Crippen molar-refractivity contribution in [1.29, 1.82) is 0 Å². The van der Waals surface area contributed by atoms with Crippen LogP contribution in [0.15, 0.2) is 29.4 Å². The van der Waals surface area contributed by atoms with Crippen LogP contribution >= 0.6 is 0 Å². The summed E-state index contributed by atoms with van der Waals surface area (Å²) >= 11 is 0. The Morgan fingerprint density at radius 1 is 1.50 bits per heavy atom. The number of aliphatic hydroxyl groups is 1. The lowest BCUT2D eigenvalue weighted by Gasteiger charge is -2.07. The zero-order chi connectivity index (χ0) is 16.3. The number of nitro groups is 1. The van der Waals surface area contributed by atoms with Crippen molar-refractivity contribution in [2.45, 2.75) is 13.5 Å². The standard InChI is InChI=1S/C14H14N4O4/c1-8-14(20)11(9(7-19)5-16-8)6-17-13-4-10(18(21)22)2-3-12(13)15/h2-6,19-20H,7,15H2,1H3. The van der Waals surface area contributed by atoms with E-state index in [1.807, 2.05) is 0 Å². The van der Waals surface area contributed by atoms with Gasteiger partial charge in [-0.05, 0) is 13.0 Å². The van der Waals surface area contributed by atoms with Gasteiger partial charge in [-0.25, -0.2) is 0 Å². The number of nitro benzene ring substituents is 1. The maximum Gasteiger partial charge on any atom is 0.271 e. The number of anilines is 1. The Morgan fingerprint density at radius 2 is 2.23 bits per heavy atom. The number of aromatic hydroxyl groups is 1. The predicted molar refractivity (Wildman–Crippen MR) is 81.3 cm³/mol. The predicted octanol–water partition coefficient (Wildman–Crippen LogP) is 1.83. The van der Waals surface area contributed by atoms with Crippen LogP contribution in [0.2, 0.25) is 0 Å². The van der Waals surface area contributed by atoms with Crippen LogP contribution in [0.3, 0.4) is 0 Å². The van der Waals surface area contributed by atoms with Gasteiger partial charge in [0.25, 0.3) is 5.69 Å². The maximum absolute atomic E-state index is 10.8. The highest BCUT2D eigenvalue weighted by Crippen LogP contribution is 2.28. The Balaban J connectivity index is 2.47. The Bertz CT molecular complexity index is 759. The number of aliphatic hydroxyl groups excluding tert-OH is 1. The molecule has 0 spiro atoms. The number of nitrogens with zero attached hydrogens (tertiary/aromatic N) is 3. The summed E-state index contributed by atoms with van der Waals surface area (Å²) in [5.41, 5.74) is 7.11. The number of nitrogen functional groups attached to an aromatic ring is 1. The van der Waals surface area contributed by atoms with E-state index in [9.17, 15) is 20.3 Å². The van der Waals surface area contributed by atoms with Crippen LogP contribution in [-0.4, -0.2) is 26.3 Å². The number of benzene rings is 1. The first-order valence-electron chi connectivity index (χ1n) is 6.30. The molecular formula is C14H14N4O4. The summed E-state index contributed by atoms with van der Waals surface area (Å²) < 4.78 is 0. The lowest BCUT2D eigenvalue weighted by Crippen LogP contribution is -1.98. The Hall–Kier alpha value is -3.00. The monoisotopic (exact) mass is 302 g/mol. The molecule has 1 heterocycles. The van der Waals surface area contributed by atoms with Gasteiger partial charge in [0.1, 0.15) is 5.75 Å². The molecule has 1 aromatic heterocycles. The molecule has 4 N–H and O–H groups in total. The normalized spacial score (nSPS) is 11.0. The lowest BCUT2D eigenvalue weighted by atomic mass is 10.1. The van der Waals surface area contributed by atoms with Crippen molar-refractivity contribution in [3.63, 3.8) is 0 Å². The molecule has 0 atom stereocenters. The van der Waals surface area contributed by atoms with Crippen molar-refractivity contribution in [3.05, 3.63) is 51.3 Å². The fraction of sp³-hybridized carbons (Fsp3) is 0.143. The molecule has 1 aromatic carbocycles. The second kappa shape index (κ2) is 6.19. The SMILES string of the molecule is Cc1ncc(CO)c(C=Nc2cc([N+](=O)[O-])ccc2N)c1O. The van der Waals surface area contributed by atoms with Gasteiger partial charge in [0, 0.05) is 35.7 Å². The molecule has 0 saturated carbocycles. The molecule has 2 rings (SSSR count). The molecule has 2 aromatic rings. The number of aryl methyl sites for hydroxylation is 1. The summed E-state index contributed by atoms with van der Waals surface area (Å²) in [5.74, 6) is -0.112. The van der Waals surface area contributed by atoms with Crippen LogP contribution in [0, 0.1) is 17.0 Å². The average molecular weight is 302 g/mol. The van der Waals surface area contributed by atoms with Gasteiger partial charge in [0.15, 0.2) is 0 Å². The van der Waals surface area contributed by atoms with E-state index >= 15 is 0 Å². The summed E-state index contributed by atoms with van der Waals surface area (Å²) in [6.45, 7) is 1.28. The Morgan fingerprint density at radius 3 is 2.86 bits per heavy atom. The highest BCUT2D eigenvalue weighted by molar-refractivity contribution is 5.88. The largest absolute Gasteiger partial charge is 0.505 e. The summed E-state index contributed by atoms with van der Waals surface area (Å²) in [4.78, 5) is 18.2. The van der Waals surface area contributed by atoms with Crippen molar-refractivity contribution in [3.8, 4) is 5.75 Å². The van der Waals surface area contributed by atoms with Crippen molar-refractivity contribution >= 4 is 23.3 Å². The number of nitrogens with two attached hydrogens (primary N) is 1. The first kappa shape index (κ1) is 15.4. The smallest absolute Gasteiger partial charge is 0.271 e. The molecule has 0 radical (unpaired) electrons. The van der Waals surface area contributed by atoms with E-state index in [-0.39, 0.29) is 29.4 Å². The van der Waals surface area contributed by atoms with Gasteiger partial charge in [0.05, 0.1) is 28.6 Å². The van der Waals surface area contributed by atoms with Crippen molar-refractivity contribution < 1.29 is 15.1 Å². The third-order valence-corrected chi connectivity index (χ3v) is 3.09. The van der Waals surface area contributed by atoms with E-state index < -0.39 is 4.92 Å². The van der Waals surface area contributed by atoms with Gasteiger partial charge < -0.3 is 15.9 Å². The van der Waals surface area contributed by atoms with Crippen molar-refractivity contribution in [1.82, 2.24) is 4.98 Å². The molecule has 0 unspecified atom stereocenters. The lowest BCUT2D eigenvalue weighted by molar-refractivity contribution is -0.384. The summed E-state index contributed by atoms with van der Waals surface area (Å²) in [6, 6.07) is 3.90. The molecular weight excluding hydrogens is 288 g/mol. The minimum atomic E-state index is -0.550. The number of non-ortho nitro benzene ring substituents is 1. The molecule has 0 aliphatic carbocycles. The zero-order valence-electron chi connectivity index (χ0n) is 11.7. The van der Waals surface area contributed by atoms with Crippen LogP contribution in [0.25, 0.3) is 0 Å². The second-order valence-corrected chi connectivity index (χ2v) is 4.55. The molecule has 0 saturated heterocycles. The quantitative estimate of drug-likeness (QED) is 0.341. The first-order valence-corrected chi connectivity index (χ1v) is 6.30. The Labute approximate surface area is 125 Å². The van der Waals surface area contributed by atoms with Crippen molar-refractivity contribution in [2.75, 3.05) is 5.73 Å². The van der Waals surface area contributed by atoms with Gasteiger partial charge >= 0.3 is 0 Å². The van der Waals surface area contributed by atoms with Gasteiger partial charge in [0.2, 0.25) is 0 Å². The zero-order valence-corrected chi connectivity index (χ0v) is 11.7. The van der Waals surface area contributed by atoms with Crippen LogP contribution < -0.4 is 5.73 Å². The topological polar surface area (TPSA) is 135 Å². The van der Waals surface area contributed by atoms with Crippen molar-refractivity contribution in [2.24, 2.45) is 4.99 Å². The molecule has 8 nitrogen and oxygen atoms in total. The fourth-order valence-corrected chi connectivity index (χ4v) is 1.81. The highest BCUT2D eigenvalue weighted by atomic mass is 16.6. The number of hydrogen-bond donors (Lipinski definition) is 3. The van der Waals surface area contributed by atoms with Crippen LogP contribution in [0.1, 0.15) is 16.8 Å². The minimum absolute atomic E-state index is 0.112. The average Bonchev–Trinajstić information content (AvgIpc) is 2.49. The molecule has 0 fully saturated rings. The summed E-state index contributed by atoms with van der Waals surface area (Å²) in [6.07, 6.45) is 2.72. The third-order valence-electron chi connectivity index (χ3n) is 3.09. The van der Waals surface area contributed by atoms with Crippen LogP contribution in [0.4, 0.5) is 17.1 Å². The van der Waals surface area contributed by atoms with Crippen LogP contribution in [-0.2, 0) is 6.61 Å². The van der Waals surface area contributed by atoms with E-state index in [1.165, 1.54) is 30.6 Å². The third kappa shape index (κ3) is 3.01. The van der Waals surface area contributed by atoms with E-state index in [2.05, 4.69) is 9.98 Å². The van der Waals surface area contributed by atoms with Gasteiger partial charge in [-0.1, -0.05) is 0 Å². The van der Waals surface area contributed by atoms with E-state index in [1.54, 1.807) is 6.92 Å². The van der Waals surface area contributed by atoms with Gasteiger partial charge in [-0.15, -0.1) is 0 Å². The first-order chi connectivity index (χ1) is 10.4. The molecule has 0 aliphatic rings. The van der Waals surface area contributed by atoms with Crippen LogP contribution in [0.5, 0.6) is 5.75 Å². The minimum Gasteiger partial charge on any atom is -0.505 e. The van der Waals surface area contributed by atoms with Gasteiger partial charge in [-0.2, -0.15) is 0 Å². The number of hydrogen-bond acceptors (Lipinski definition) is 7. The van der Waals surface area contributed by atoms with E-state index in [0.717, 1.165) is 0 Å². The number of aromatic nitrogens is 1. The number of rotatable bonds is 4. The Kier molecular flexibility index (Phi) is 4.33. The molecule has 0 bridgehead atoms. The van der Waals surface area contributed by atoms with E-state index in [0.29, 0.717) is 16.8 Å². The molecule has 8 heteroatoms. The number of aliphatic imine (C=N–C) groups is 1. The molecule has 0 amide bonds. The van der Waals surface area contributed by atoms with Gasteiger partial charge in [-0.3, -0.25) is 20.1 Å². The maximum atomic E-state index is 10.8. The fourth-order valence-electron chi connectivity index (χ4n) is 1.81. The summed E-state index contributed by atoms with van der Waals surface area (Å²) in [7, 11) is 0. The number of pyridine rings is 1. The second-order valence-electron chi connectivity index (χ2n) is 4.55. The molecule has 114 valence electrons. The highest BCUT2D eigenvalue weighted by Gasteiger charge is 2.11. The van der Waals surface area contributed by atoms with E-state index in [4.69, 9.17) is 5.73 Å². The summed E-state index contributed by atoms with van der Waals surface area (Å²) in [5, 5.41) is 30.0. The molecule has 22 heavy (non-hydrogen) atoms.